The van der Waals surface area contributed by atoms with Crippen LogP contribution in [0.25, 0.3) is 4.96 Å². The van der Waals surface area contributed by atoms with E-state index in [1.54, 1.807) is 4.52 Å². The average Bonchev–Trinajstić information content (AvgIpc) is 3.17. The van der Waals surface area contributed by atoms with Crippen LogP contribution >= 0.6 is 11.3 Å². The molecule has 1 saturated heterocycles. The highest BCUT2D eigenvalue weighted by atomic mass is 32.1. The van der Waals surface area contributed by atoms with Gasteiger partial charge in [0.1, 0.15) is 4.88 Å². The summed E-state index contributed by atoms with van der Waals surface area (Å²) < 4.78 is 1.57. The molecule has 3 heterocycles. The molecule has 0 amide bonds. The first kappa shape index (κ1) is 17.5. The third kappa shape index (κ3) is 3.11. The minimum Gasteiger partial charge on any atom is -0.492 e. The first-order chi connectivity index (χ1) is 12.6. The van der Waals surface area contributed by atoms with E-state index < -0.39 is 0 Å². The molecule has 3 N–H and O–H groups in total. The van der Waals surface area contributed by atoms with Gasteiger partial charge < -0.3 is 15.1 Å². The first-order valence-electron chi connectivity index (χ1n) is 9.23. The summed E-state index contributed by atoms with van der Waals surface area (Å²) in [4.78, 5) is 7.54. The zero-order chi connectivity index (χ0) is 18.3. The predicted octanol–water partition coefficient (Wildman–Crippen LogP) is 1.50. The Balaban J connectivity index is 1.79. The Hall–Kier alpha value is -1.96. The van der Waals surface area contributed by atoms with Crippen molar-refractivity contribution in [1.29, 1.82) is 0 Å². The van der Waals surface area contributed by atoms with Gasteiger partial charge in [-0.05, 0) is 13.0 Å². The lowest BCUT2D eigenvalue weighted by atomic mass is 9.98. The molecule has 1 atom stereocenters. The van der Waals surface area contributed by atoms with Gasteiger partial charge in [-0.2, -0.15) is 4.52 Å². The van der Waals surface area contributed by atoms with E-state index in [1.165, 1.54) is 27.4 Å². The van der Waals surface area contributed by atoms with E-state index in [-0.39, 0.29) is 18.0 Å². The van der Waals surface area contributed by atoms with Crippen LogP contribution in [0.4, 0.5) is 0 Å². The molecule has 3 aromatic rings. The van der Waals surface area contributed by atoms with Crippen LogP contribution in [0, 0.1) is 6.92 Å². The van der Waals surface area contributed by atoms with E-state index in [2.05, 4.69) is 41.3 Å². The second-order valence-electron chi connectivity index (χ2n) is 7.10. The second-order valence-corrected chi connectivity index (χ2v) is 8.11. The summed E-state index contributed by atoms with van der Waals surface area (Å²) in [6.45, 7) is 5.86. The van der Waals surface area contributed by atoms with Crippen molar-refractivity contribution in [2.45, 2.75) is 45.3 Å². The molecule has 1 aliphatic rings. The largest absolute Gasteiger partial charge is 0.492 e. The second kappa shape index (κ2) is 6.98. The molecule has 26 heavy (non-hydrogen) atoms. The number of benzene rings is 1. The van der Waals surface area contributed by atoms with E-state index in [4.69, 9.17) is 0 Å². The van der Waals surface area contributed by atoms with Crippen LogP contribution in [-0.4, -0.2) is 44.0 Å². The van der Waals surface area contributed by atoms with E-state index in [0.29, 0.717) is 0 Å². The summed E-state index contributed by atoms with van der Waals surface area (Å²) in [5.74, 6) is 0.945. The molecule has 0 unspecified atom stereocenters. The monoisotopic (exact) mass is 373 g/mol. The lowest BCUT2D eigenvalue weighted by Gasteiger charge is -2.33. The number of likely N-dealkylation sites (tertiary alicyclic amines) is 1. The Morgan fingerprint density at radius 2 is 2.12 bits per heavy atom. The van der Waals surface area contributed by atoms with Crippen molar-refractivity contribution in [3.05, 3.63) is 46.1 Å². The molecule has 0 bridgehead atoms. The maximum Gasteiger partial charge on any atom is 0.235 e. The SMILES string of the molecule is CCc1nc2sc([C@@H](c3cccc(C)c3)[NH+]3CCC(O)CC3)c(O)n2n1. The van der Waals surface area contributed by atoms with Crippen molar-refractivity contribution in [2.75, 3.05) is 13.1 Å². The standard InChI is InChI=1S/C19H24N4O2S/c1-3-15-20-19-23(21-15)18(25)17(26-19)16(13-6-4-5-12(2)11-13)22-9-7-14(24)8-10-22/h4-6,11,14,16,24-25H,3,7-10H2,1-2H3/p+1/t16-/m1/s1. The summed E-state index contributed by atoms with van der Waals surface area (Å²) in [6.07, 6.45) is 2.12. The van der Waals surface area contributed by atoms with Crippen LogP contribution in [-0.2, 0) is 6.42 Å². The first-order valence-corrected chi connectivity index (χ1v) is 10.0. The number of aromatic nitrogens is 3. The molecule has 0 saturated carbocycles. The van der Waals surface area contributed by atoms with Crippen LogP contribution in [0.3, 0.4) is 0 Å². The highest BCUT2D eigenvalue weighted by Crippen LogP contribution is 2.35. The summed E-state index contributed by atoms with van der Waals surface area (Å²) in [5.41, 5.74) is 2.39. The number of rotatable bonds is 4. The van der Waals surface area contributed by atoms with Gasteiger partial charge in [0.25, 0.3) is 0 Å². The van der Waals surface area contributed by atoms with Gasteiger partial charge in [0.05, 0.1) is 19.2 Å². The number of quaternary nitrogens is 1. The number of nitrogens with zero attached hydrogens (tertiary/aromatic N) is 3. The molecule has 0 radical (unpaired) electrons. The number of aliphatic hydroxyl groups excluding tert-OH is 1. The van der Waals surface area contributed by atoms with Crippen LogP contribution in [0.15, 0.2) is 24.3 Å². The van der Waals surface area contributed by atoms with Gasteiger partial charge in [-0.3, -0.25) is 0 Å². The third-order valence-electron chi connectivity index (χ3n) is 5.20. The van der Waals surface area contributed by atoms with Crippen LogP contribution in [0.5, 0.6) is 5.88 Å². The molecule has 4 rings (SSSR count). The van der Waals surface area contributed by atoms with E-state index in [1.807, 2.05) is 6.92 Å². The van der Waals surface area contributed by atoms with Gasteiger partial charge in [-0.25, -0.2) is 4.98 Å². The number of hydrogen-bond donors (Lipinski definition) is 3. The lowest BCUT2D eigenvalue weighted by Crippen LogP contribution is -3.13. The molecule has 7 heteroatoms. The van der Waals surface area contributed by atoms with Crippen LogP contribution < -0.4 is 4.90 Å². The fraction of sp³-hybridized carbons (Fsp3) is 0.474. The molecule has 0 spiro atoms. The quantitative estimate of drug-likeness (QED) is 0.648. The molecule has 2 aromatic heterocycles. The Bertz CT molecular complexity index is 912. The molecule has 1 aromatic carbocycles. The number of aromatic hydroxyl groups is 1. The van der Waals surface area contributed by atoms with E-state index in [0.717, 1.165) is 48.0 Å². The van der Waals surface area contributed by atoms with Gasteiger partial charge in [0.2, 0.25) is 10.8 Å². The molecule has 1 fully saturated rings. The van der Waals surface area contributed by atoms with Crippen LogP contribution in [0.2, 0.25) is 0 Å². The minimum atomic E-state index is -0.208. The highest BCUT2D eigenvalue weighted by Gasteiger charge is 2.35. The fourth-order valence-corrected chi connectivity index (χ4v) is 4.97. The maximum absolute atomic E-state index is 10.9. The van der Waals surface area contributed by atoms with Crippen LogP contribution in [0.1, 0.15) is 47.6 Å². The van der Waals surface area contributed by atoms with Crippen molar-refractivity contribution in [3.8, 4) is 5.88 Å². The van der Waals surface area contributed by atoms with Gasteiger partial charge in [0.15, 0.2) is 11.9 Å². The Morgan fingerprint density at radius 3 is 2.77 bits per heavy atom. The molecule has 6 nitrogen and oxygen atoms in total. The lowest BCUT2D eigenvalue weighted by molar-refractivity contribution is -0.931. The predicted molar refractivity (Wildman–Crippen MR) is 101 cm³/mol. The minimum absolute atomic E-state index is 0.0287. The third-order valence-corrected chi connectivity index (χ3v) is 6.29. The average molecular weight is 374 g/mol. The van der Waals surface area contributed by atoms with Crippen molar-refractivity contribution >= 4 is 16.3 Å². The highest BCUT2D eigenvalue weighted by molar-refractivity contribution is 7.17. The van der Waals surface area contributed by atoms with Gasteiger partial charge >= 0.3 is 0 Å². The summed E-state index contributed by atoms with van der Waals surface area (Å²) in [7, 11) is 0. The smallest absolute Gasteiger partial charge is 0.235 e. The number of thiazole rings is 1. The number of aryl methyl sites for hydroxylation is 2. The van der Waals surface area contributed by atoms with Crippen molar-refractivity contribution in [1.82, 2.24) is 14.6 Å². The summed E-state index contributed by atoms with van der Waals surface area (Å²) in [5, 5.41) is 25.2. The fourth-order valence-electron chi connectivity index (χ4n) is 3.81. The van der Waals surface area contributed by atoms with Gasteiger partial charge in [-0.1, -0.05) is 42.0 Å². The van der Waals surface area contributed by atoms with Gasteiger partial charge in [-0.15, -0.1) is 5.10 Å². The maximum atomic E-state index is 10.9. The topological polar surface area (TPSA) is 75.1 Å². The van der Waals surface area contributed by atoms with Crippen molar-refractivity contribution < 1.29 is 15.1 Å². The molecular weight excluding hydrogens is 348 g/mol. The van der Waals surface area contributed by atoms with E-state index in [9.17, 15) is 10.2 Å². The zero-order valence-corrected chi connectivity index (χ0v) is 16.0. The number of fused-ring (bicyclic) bond motifs is 1. The number of piperidine rings is 1. The molecule has 0 aliphatic carbocycles. The van der Waals surface area contributed by atoms with Crippen molar-refractivity contribution in [3.63, 3.8) is 0 Å². The van der Waals surface area contributed by atoms with Crippen molar-refractivity contribution in [2.24, 2.45) is 0 Å². The molecule has 1 aliphatic heterocycles. The van der Waals surface area contributed by atoms with Gasteiger partial charge in [0, 0.05) is 24.8 Å². The normalized spacial score (nSPS) is 22.0. The number of hydrogen-bond acceptors (Lipinski definition) is 5. The Labute approximate surface area is 156 Å². The zero-order valence-electron chi connectivity index (χ0n) is 15.1. The summed E-state index contributed by atoms with van der Waals surface area (Å²) >= 11 is 1.52. The Kier molecular flexibility index (Phi) is 4.69. The number of aliphatic hydroxyl groups is 1. The Morgan fingerprint density at radius 1 is 1.35 bits per heavy atom. The van der Waals surface area contributed by atoms with E-state index >= 15 is 0 Å². The molecule has 138 valence electrons. The number of nitrogens with one attached hydrogen (secondary N) is 1. The molecular formula is C19H25N4O2S+. The summed E-state index contributed by atoms with van der Waals surface area (Å²) in [6, 6.07) is 8.50.